The number of aryl methyl sites for hydroxylation is 1. The van der Waals surface area contributed by atoms with Gasteiger partial charge in [0.2, 0.25) is 0 Å². The van der Waals surface area contributed by atoms with Gasteiger partial charge in [0.25, 0.3) is 0 Å². The lowest BCUT2D eigenvalue weighted by Gasteiger charge is -2.26. The number of rotatable bonds is 2. The van der Waals surface area contributed by atoms with Crippen molar-refractivity contribution < 1.29 is 8.78 Å². The maximum absolute atomic E-state index is 14.1. The quantitative estimate of drug-likeness (QED) is 0.814. The van der Waals surface area contributed by atoms with Crippen LogP contribution in [-0.2, 0) is 0 Å². The summed E-state index contributed by atoms with van der Waals surface area (Å²) in [5.74, 6) is -0.323. The molecule has 88 valence electrons. The fourth-order valence-electron chi connectivity index (χ4n) is 2.14. The summed E-state index contributed by atoms with van der Waals surface area (Å²) in [4.78, 5) is 0. The third kappa shape index (κ3) is 2.40. The number of benzene rings is 1. The van der Waals surface area contributed by atoms with Gasteiger partial charge in [0.05, 0.1) is 0 Å². The predicted octanol–water partition coefficient (Wildman–Crippen LogP) is 3.29. The van der Waals surface area contributed by atoms with Gasteiger partial charge in [-0.3, -0.25) is 0 Å². The van der Waals surface area contributed by atoms with E-state index in [2.05, 4.69) is 5.32 Å². The summed E-state index contributed by atoms with van der Waals surface area (Å²) >= 11 is 0. The second-order valence-corrected chi connectivity index (χ2v) is 4.47. The minimum atomic E-state index is -1.10. The molecule has 1 aromatic carbocycles. The zero-order chi connectivity index (χ0) is 11.5. The highest BCUT2D eigenvalue weighted by molar-refractivity contribution is 5.26. The van der Waals surface area contributed by atoms with Crippen molar-refractivity contribution in [1.82, 2.24) is 5.32 Å². The topological polar surface area (TPSA) is 12.0 Å². The molecule has 0 spiro atoms. The van der Waals surface area contributed by atoms with E-state index in [-0.39, 0.29) is 11.9 Å². The Morgan fingerprint density at radius 1 is 1.38 bits per heavy atom. The van der Waals surface area contributed by atoms with Crippen molar-refractivity contribution in [1.29, 1.82) is 0 Å². The van der Waals surface area contributed by atoms with Crippen molar-refractivity contribution in [2.24, 2.45) is 0 Å². The molecule has 0 saturated carbocycles. The number of nitrogens with one attached hydrogen (secondary N) is 1. The Hall–Kier alpha value is -0.960. The molecular formula is C13H17F2N. The zero-order valence-electron chi connectivity index (χ0n) is 9.47. The van der Waals surface area contributed by atoms with Crippen molar-refractivity contribution in [3.05, 3.63) is 35.1 Å². The fourth-order valence-corrected chi connectivity index (χ4v) is 2.14. The molecule has 1 aliphatic heterocycles. The van der Waals surface area contributed by atoms with E-state index < -0.39 is 6.17 Å². The van der Waals surface area contributed by atoms with Crippen molar-refractivity contribution in [3.63, 3.8) is 0 Å². The number of alkyl halides is 1. The highest BCUT2D eigenvalue weighted by atomic mass is 19.1. The summed E-state index contributed by atoms with van der Waals surface area (Å²) in [6.07, 6.45) is 1.88. The maximum atomic E-state index is 14.1. The van der Waals surface area contributed by atoms with Gasteiger partial charge in [-0.25, -0.2) is 8.78 Å². The standard InChI is InChI=1S/C13H17F2N/c1-9-5-6-10(8-11(9)14)13(15)12-4-2-3-7-16-12/h5-6,8,12-13,16H,2-4,7H2,1H3. The zero-order valence-corrected chi connectivity index (χ0v) is 9.47. The third-order valence-corrected chi connectivity index (χ3v) is 3.22. The van der Waals surface area contributed by atoms with Crippen molar-refractivity contribution in [2.75, 3.05) is 6.54 Å². The molecule has 3 heteroatoms. The molecule has 0 aromatic heterocycles. The van der Waals surface area contributed by atoms with Crippen molar-refractivity contribution in [3.8, 4) is 0 Å². The molecule has 1 nitrogen and oxygen atoms in total. The van der Waals surface area contributed by atoms with E-state index in [0.29, 0.717) is 11.1 Å². The lowest BCUT2D eigenvalue weighted by molar-refractivity contribution is 0.221. The first-order valence-corrected chi connectivity index (χ1v) is 5.82. The Balaban J connectivity index is 2.12. The van der Waals surface area contributed by atoms with Gasteiger partial charge in [0, 0.05) is 6.04 Å². The van der Waals surface area contributed by atoms with Crippen LogP contribution in [0.2, 0.25) is 0 Å². The molecule has 2 unspecified atom stereocenters. The molecule has 0 bridgehead atoms. The Morgan fingerprint density at radius 3 is 2.81 bits per heavy atom. The van der Waals surface area contributed by atoms with E-state index in [9.17, 15) is 8.78 Å². The van der Waals surface area contributed by atoms with Crippen LogP contribution in [-0.4, -0.2) is 12.6 Å². The molecule has 0 amide bonds. The van der Waals surface area contributed by atoms with E-state index >= 15 is 0 Å². The monoisotopic (exact) mass is 225 g/mol. The number of hydrogen-bond donors (Lipinski definition) is 1. The van der Waals surface area contributed by atoms with Gasteiger partial charge < -0.3 is 5.32 Å². The normalized spacial score (nSPS) is 23.1. The Bertz CT molecular complexity index is 359. The van der Waals surface area contributed by atoms with Crippen LogP contribution in [0, 0.1) is 12.7 Å². The molecule has 1 aromatic rings. The summed E-state index contributed by atoms with van der Waals surface area (Å²) < 4.78 is 27.4. The fraction of sp³-hybridized carbons (Fsp3) is 0.538. The van der Waals surface area contributed by atoms with Gasteiger partial charge in [0.15, 0.2) is 0 Å². The van der Waals surface area contributed by atoms with Crippen LogP contribution < -0.4 is 5.32 Å². The molecule has 16 heavy (non-hydrogen) atoms. The second-order valence-electron chi connectivity index (χ2n) is 4.47. The molecule has 2 atom stereocenters. The summed E-state index contributed by atoms with van der Waals surface area (Å²) in [5.41, 5.74) is 1.01. The highest BCUT2D eigenvalue weighted by Crippen LogP contribution is 2.27. The Kier molecular flexibility index (Phi) is 3.54. The van der Waals surface area contributed by atoms with Gasteiger partial charge in [-0.1, -0.05) is 18.6 Å². The number of halogens is 2. The molecule has 1 N–H and O–H groups in total. The molecular weight excluding hydrogens is 208 g/mol. The molecule has 1 heterocycles. The van der Waals surface area contributed by atoms with Gasteiger partial charge in [0.1, 0.15) is 12.0 Å². The van der Waals surface area contributed by atoms with Crippen LogP contribution >= 0.6 is 0 Å². The van der Waals surface area contributed by atoms with Gasteiger partial charge in [-0.15, -0.1) is 0 Å². The van der Waals surface area contributed by atoms with E-state index in [4.69, 9.17) is 0 Å². The minimum Gasteiger partial charge on any atom is -0.311 e. The molecule has 2 rings (SSSR count). The Labute approximate surface area is 94.9 Å². The van der Waals surface area contributed by atoms with E-state index in [1.54, 1.807) is 19.1 Å². The second kappa shape index (κ2) is 4.91. The largest absolute Gasteiger partial charge is 0.311 e. The van der Waals surface area contributed by atoms with Crippen LogP contribution in [0.15, 0.2) is 18.2 Å². The average Bonchev–Trinajstić information content (AvgIpc) is 2.33. The predicted molar refractivity (Wildman–Crippen MR) is 60.6 cm³/mol. The molecule has 1 aliphatic rings. The lowest BCUT2D eigenvalue weighted by atomic mass is 9.95. The summed E-state index contributed by atoms with van der Waals surface area (Å²) in [6, 6.07) is 4.48. The molecule has 1 fully saturated rings. The number of piperidine rings is 1. The molecule has 1 saturated heterocycles. The summed E-state index contributed by atoms with van der Waals surface area (Å²) in [6.45, 7) is 2.55. The number of hydrogen-bond acceptors (Lipinski definition) is 1. The van der Waals surface area contributed by atoms with E-state index in [1.165, 1.54) is 6.07 Å². The van der Waals surface area contributed by atoms with Crippen molar-refractivity contribution in [2.45, 2.75) is 38.4 Å². The average molecular weight is 225 g/mol. The van der Waals surface area contributed by atoms with Gasteiger partial charge in [-0.05, 0) is 43.5 Å². The lowest BCUT2D eigenvalue weighted by Crippen LogP contribution is -2.37. The highest BCUT2D eigenvalue weighted by Gasteiger charge is 2.24. The first kappa shape index (κ1) is 11.5. The Morgan fingerprint density at radius 2 is 2.19 bits per heavy atom. The van der Waals surface area contributed by atoms with Crippen molar-refractivity contribution >= 4 is 0 Å². The van der Waals surface area contributed by atoms with Crippen LogP contribution in [0.25, 0.3) is 0 Å². The SMILES string of the molecule is Cc1ccc(C(F)C2CCCCN2)cc1F. The van der Waals surface area contributed by atoms with Gasteiger partial charge >= 0.3 is 0 Å². The van der Waals surface area contributed by atoms with E-state index in [0.717, 1.165) is 25.8 Å². The third-order valence-electron chi connectivity index (χ3n) is 3.22. The molecule has 0 aliphatic carbocycles. The summed E-state index contributed by atoms with van der Waals surface area (Å²) in [5, 5.41) is 3.15. The first-order chi connectivity index (χ1) is 7.68. The smallest absolute Gasteiger partial charge is 0.140 e. The van der Waals surface area contributed by atoms with Crippen LogP contribution in [0.1, 0.15) is 36.6 Å². The first-order valence-electron chi connectivity index (χ1n) is 5.82. The van der Waals surface area contributed by atoms with Crippen LogP contribution in [0.3, 0.4) is 0 Å². The van der Waals surface area contributed by atoms with Crippen LogP contribution in [0.5, 0.6) is 0 Å². The molecule has 0 radical (unpaired) electrons. The van der Waals surface area contributed by atoms with E-state index in [1.807, 2.05) is 0 Å². The van der Waals surface area contributed by atoms with Crippen LogP contribution in [0.4, 0.5) is 8.78 Å². The summed E-state index contributed by atoms with van der Waals surface area (Å²) in [7, 11) is 0. The maximum Gasteiger partial charge on any atom is 0.140 e. The minimum absolute atomic E-state index is 0.157. The van der Waals surface area contributed by atoms with Gasteiger partial charge in [-0.2, -0.15) is 0 Å².